The van der Waals surface area contributed by atoms with Crippen molar-refractivity contribution in [2.75, 3.05) is 5.32 Å². The molecule has 0 saturated heterocycles. The van der Waals surface area contributed by atoms with E-state index in [1.807, 2.05) is 49.4 Å². The van der Waals surface area contributed by atoms with Gasteiger partial charge in [-0.05, 0) is 49.5 Å². The number of benzene rings is 1. The third kappa shape index (κ3) is 4.29. The number of nitrogens with zero attached hydrogens (tertiary/aromatic N) is 1. The monoisotopic (exact) mass is 335 g/mol. The van der Waals surface area contributed by atoms with Crippen molar-refractivity contribution in [1.82, 2.24) is 10.3 Å². The van der Waals surface area contributed by atoms with Crippen molar-refractivity contribution in [3.8, 4) is 0 Å². The van der Waals surface area contributed by atoms with Gasteiger partial charge in [0.15, 0.2) is 5.11 Å². The fourth-order valence-corrected chi connectivity index (χ4v) is 2.33. The van der Waals surface area contributed by atoms with Crippen molar-refractivity contribution >= 4 is 38.9 Å². The first kappa shape index (κ1) is 14.0. The van der Waals surface area contributed by atoms with E-state index < -0.39 is 0 Å². The Hall–Kier alpha value is -1.46. The van der Waals surface area contributed by atoms with Gasteiger partial charge in [0, 0.05) is 16.4 Å². The Kier molecular flexibility index (Phi) is 4.87. The maximum Gasteiger partial charge on any atom is 0.171 e. The summed E-state index contributed by atoms with van der Waals surface area (Å²) >= 11 is 8.72. The van der Waals surface area contributed by atoms with Gasteiger partial charge in [-0.3, -0.25) is 4.98 Å². The van der Waals surface area contributed by atoms with E-state index in [0.29, 0.717) is 5.11 Å². The molecular formula is C14H14BrN3S. The molecule has 1 aromatic carbocycles. The van der Waals surface area contributed by atoms with Crippen molar-refractivity contribution < 1.29 is 0 Å². The Balaban J connectivity index is 1.95. The van der Waals surface area contributed by atoms with Gasteiger partial charge in [-0.25, -0.2) is 0 Å². The maximum atomic E-state index is 5.29. The number of rotatable bonds is 3. The maximum absolute atomic E-state index is 5.29. The third-order valence-corrected chi connectivity index (χ3v) is 3.27. The van der Waals surface area contributed by atoms with E-state index in [2.05, 4.69) is 31.5 Å². The van der Waals surface area contributed by atoms with Crippen LogP contribution in [-0.2, 0) is 0 Å². The first-order valence-electron chi connectivity index (χ1n) is 5.89. The number of aromatic nitrogens is 1. The topological polar surface area (TPSA) is 37.0 Å². The van der Waals surface area contributed by atoms with Crippen LogP contribution in [0.2, 0.25) is 0 Å². The fourth-order valence-electron chi connectivity index (χ4n) is 1.64. The molecule has 0 radical (unpaired) electrons. The molecule has 0 aliphatic heterocycles. The lowest BCUT2D eigenvalue weighted by Gasteiger charge is -2.16. The van der Waals surface area contributed by atoms with Gasteiger partial charge < -0.3 is 10.6 Å². The highest BCUT2D eigenvalue weighted by Crippen LogP contribution is 2.16. The number of hydrogen-bond acceptors (Lipinski definition) is 2. The van der Waals surface area contributed by atoms with Gasteiger partial charge in [0.2, 0.25) is 0 Å². The second-order valence-corrected chi connectivity index (χ2v) is 5.41. The average molecular weight is 336 g/mol. The van der Waals surface area contributed by atoms with Crippen LogP contribution in [0.3, 0.4) is 0 Å². The van der Waals surface area contributed by atoms with Crippen LogP contribution in [0, 0.1) is 0 Å². The summed E-state index contributed by atoms with van der Waals surface area (Å²) in [7, 11) is 0. The van der Waals surface area contributed by atoms with Gasteiger partial charge in [0.1, 0.15) is 0 Å². The number of halogens is 1. The standard InChI is InChI=1S/C14H14BrN3S/c1-10(13-7-2-3-8-16-13)17-14(19)18-12-6-4-5-11(15)9-12/h2-10H,1H3,(H2,17,18,19)/t10-/m0/s1. The molecule has 2 rings (SSSR count). The molecule has 0 spiro atoms. The summed E-state index contributed by atoms with van der Waals surface area (Å²) in [6, 6.07) is 13.8. The van der Waals surface area contributed by atoms with Crippen LogP contribution in [0.15, 0.2) is 53.1 Å². The third-order valence-electron chi connectivity index (χ3n) is 2.56. The Morgan fingerprint density at radius 3 is 2.79 bits per heavy atom. The summed E-state index contributed by atoms with van der Waals surface area (Å²) in [4.78, 5) is 4.30. The van der Waals surface area contributed by atoms with E-state index in [9.17, 15) is 0 Å². The van der Waals surface area contributed by atoms with E-state index in [1.54, 1.807) is 6.20 Å². The molecular weight excluding hydrogens is 322 g/mol. The number of anilines is 1. The van der Waals surface area contributed by atoms with Crippen molar-refractivity contribution in [2.24, 2.45) is 0 Å². The van der Waals surface area contributed by atoms with Crippen LogP contribution in [0.25, 0.3) is 0 Å². The molecule has 3 nitrogen and oxygen atoms in total. The molecule has 1 heterocycles. The highest BCUT2D eigenvalue weighted by Gasteiger charge is 2.07. The minimum atomic E-state index is 0.0633. The van der Waals surface area contributed by atoms with Crippen LogP contribution in [0.5, 0.6) is 0 Å². The van der Waals surface area contributed by atoms with E-state index in [-0.39, 0.29) is 6.04 Å². The summed E-state index contributed by atoms with van der Waals surface area (Å²) < 4.78 is 1.01. The molecule has 5 heteroatoms. The Morgan fingerprint density at radius 1 is 1.26 bits per heavy atom. The minimum Gasteiger partial charge on any atom is -0.354 e. The zero-order valence-electron chi connectivity index (χ0n) is 10.4. The van der Waals surface area contributed by atoms with Gasteiger partial charge >= 0.3 is 0 Å². The van der Waals surface area contributed by atoms with Gasteiger partial charge in [0.05, 0.1) is 11.7 Å². The molecule has 1 atom stereocenters. The largest absolute Gasteiger partial charge is 0.354 e. The van der Waals surface area contributed by atoms with Crippen molar-refractivity contribution in [3.05, 3.63) is 58.8 Å². The number of pyridine rings is 1. The molecule has 98 valence electrons. The Labute approximate surface area is 126 Å². The van der Waals surface area contributed by atoms with Gasteiger partial charge in [-0.1, -0.05) is 28.1 Å². The summed E-state index contributed by atoms with van der Waals surface area (Å²) in [5.41, 5.74) is 1.90. The molecule has 2 N–H and O–H groups in total. The number of hydrogen-bond donors (Lipinski definition) is 2. The lowest BCUT2D eigenvalue weighted by Crippen LogP contribution is -2.31. The first-order valence-corrected chi connectivity index (χ1v) is 7.09. The smallest absolute Gasteiger partial charge is 0.171 e. The first-order chi connectivity index (χ1) is 9.15. The lowest BCUT2D eigenvalue weighted by molar-refractivity contribution is 0.696. The molecule has 1 aromatic heterocycles. The zero-order valence-corrected chi connectivity index (χ0v) is 12.8. The summed E-state index contributed by atoms with van der Waals surface area (Å²) in [5, 5.41) is 6.93. The minimum absolute atomic E-state index is 0.0633. The van der Waals surface area contributed by atoms with Crippen LogP contribution < -0.4 is 10.6 Å². The molecule has 0 amide bonds. The molecule has 0 bridgehead atoms. The van der Waals surface area contributed by atoms with E-state index in [1.165, 1.54) is 0 Å². The molecule has 2 aromatic rings. The summed E-state index contributed by atoms with van der Waals surface area (Å²) in [5.74, 6) is 0. The van der Waals surface area contributed by atoms with E-state index in [4.69, 9.17) is 12.2 Å². The molecule has 0 saturated carbocycles. The van der Waals surface area contributed by atoms with Crippen LogP contribution in [0.4, 0.5) is 5.69 Å². The quantitative estimate of drug-likeness (QED) is 0.834. The van der Waals surface area contributed by atoms with Crippen LogP contribution in [0.1, 0.15) is 18.7 Å². The highest BCUT2D eigenvalue weighted by atomic mass is 79.9. The molecule has 0 aliphatic rings. The van der Waals surface area contributed by atoms with Crippen LogP contribution >= 0.6 is 28.1 Å². The Bertz CT molecular complexity index is 560. The van der Waals surface area contributed by atoms with E-state index >= 15 is 0 Å². The molecule has 0 aliphatic carbocycles. The van der Waals surface area contributed by atoms with Crippen LogP contribution in [-0.4, -0.2) is 10.1 Å². The second-order valence-electron chi connectivity index (χ2n) is 4.09. The number of thiocarbonyl (C=S) groups is 1. The van der Waals surface area contributed by atoms with E-state index in [0.717, 1.165) is 15.9 Å². The average Bonchev–Trinajstić information content (AvgIpc) is 2.39. The highest BCUT2D eigenvalue weighted by molar-refractivity contribution is 9.10. The summed E-state index contributed by atoms with van der Waals surface area (Å²) in [6.07, 6.45) is 1.78. The predicted octanol–water partition coefficient (Wildman–Crippen LogP) is 3.89. The van der Waals surface area contributed by atoms with Gasteiger partial charge in [-0.2, -0.15) is 0 Å². The van der Waals surface area contributed by atoms with Crippen molar-refractivity contribution in [2.45, 2.75) is 13.0 Å². The number of nitrogens with one attached hydrogen (secondary N) is 2. The lowest BCUT2D eigenvalue weighted by atomic mass is 10.2. The van der Waals surface area contributed by atoms with Crippen molar-refractivity contribution in [1.29, 1.82) is 0 Å². The van der Waals surface area contributed by atoms with Gasteiger partial charge in [-0.15, -0.1) is 0 Å². The SMILES string of the molecule is C[C@H](NC(=S)Nc1cccc(Br)c1)c1ccccn1. The van der Waals surface area contributed by atoms with Gasteiger partial charge in [0.25, 0.3) is 0 Å². The molecule has 0 unspecified atom stereocenters. The summed E-state index contributed by atoms with van der Waals surface area (Å²) in [6.45, 7) is 2.03. The fraction of sp³-hybridized carbons (Fsp3) is 0.143. The Morgan fingerprint density at radius 2 is 2.11 bits per heavy atom. The van der Waals surface area contributed by atoms with Crippen molar-refractivity contribution in [3.63, 3.8) is 0 Å². The molecule has 19 heavy (non-hydrogen) atoms. The predicted molar refractivity (Wildman–Crippen MR) is 86.2 cm³/mol. The molecule has 0 fully saturated rings. The zero-order chi connectivity index (χ0) is 13.7. The second kappa shape index (κ2) is 6.63. The normalized spacial score (nSPS) is 11.7.